The van der Waals surface area contributed by atoms with Gasteiger partial charge in [-0.25, -0.2) is 0 Å². The van der Waals surface area contributed by atoms with Crippen LogP contribution in [0.25, 0.3) is 0 Å². The van der Waals surface area contributed by atoms with E-state index in [2.05, 4.69) is 54.7 Å². The molecule has 1 aliphatic carbocycles. The molecule has 0 saturated heterocycles. The van der Waals surface area contributed by atoms with E-state index in [9.17, 15) is 0 Å². The van der Waals surface area contributed by atoms with Gasteiger partial charge in [0.1, 0.15) is 0 Å². The lowest BCUT2D eigenvalue weighted by Crippen LogP contribution is -1.72. The second-order valence-electron chi connectivity index (χ2n) is 2.97. The van der Waals surface area contributed by atoms with Crippen LogP contribution in [0.1, 0.15) is 19.8 Å². The summed E-state index contributed by atoms with van der Waals surface area (Å²) in [4.78, 5) is 0. The fraction of sp³-hybridized carbons (Fsp3) is 0.231. The maximum Gasteiger partial charge on any atom is -0.00944 e. The predicted octanol–water partition coefficient (Wildman–Crippen LogP) is 3.95. The van der Waals surface area contributed by atoms with E-state index in [0.717, 1.165) is 12.8 Å². The number of hydrogen-bond donors (Lipinski definition) is 0. The van der Waals surface area contributed by atoms with Crippen LogP contribution in [-0.2, 0) is 0 Å². The number of allylic oxidation sites excluding steroid dienone is 10. The van der Waals surface area contributed by atoms with E-state index in [1.807, 2.05) is 6.92 Å². The van der Waals surface area contributed by atoms with Crippen molar-refractivity contribution in [3.63, 3.8) is 0 Å². The molecule has 0 aromatic rings. The molecule has 68 valence electrons. The van der Waals surface area contributed by atoms with Gasteiger partial charge >= 0.3 is 0 Å². The third-order valence-electron chi connectivity index (χ3n) is 1.86. The molecule has 0 heteroatoms. The molecule has 1 rings (SSSR count). The van der Waals surface area contributed by atoms with Crippen molar-refractivity contribution in [3.05, 3.63) is 60.3 Å². The molecule has 0 unspecified atom stereocenters. The third kappa shape index (κ3) is 4.32. The Kier molecular flexibility index (Phi) is 4.70. The quantitative estimate of drug-likeness (QED) is 0.565. The molecule has 0 radical (unpaired) electrons. The Morgan fingerprint density at radius 2 is 2.15 bits per heavy atom. The van der Waals surface area contributed by atoms with Crippen molar-refractivity contribution in [1.29, 1.82) is 0 Å². The summed E-state index contributed by atoms with van der Waals surface area (Å²) in [5.74, 6) is 0. The molecule has 13 heavy (non-hydrogen) atoms. The zero-order chi connectivity index (χ0) is 9.36. The Labute approximate surface area is 80.7 Å². The first-order chi connectivity index (χ1) is 6.43. The molecule has 0 saturated carbocycles. The zero-order valence-electron chi connectivity index (χ0n) is 8.11. The lowest BCUT2D eigenvalue weighted by molar-refractivity contribution is 1.27. The molecule has 0 amide bonds. The highest BCUT2D eigenvalue weighted by molar-refractivity contribution is 5.30. The highest BCUT2D eigenvalue weighted by atomic mass is 13.9. The summed E-state index contributed by atoms with van der Waals surface area (Å²) in [5.41, 5.74) is 1.37. The zero-order valence-corrected chi connectivity index (χ0v) is 8.11. The van der Waals surface area contributed by atoms with Gasteiger partial charge in [0.2, 0.25) is 0 Å². The van der Waals surface area contributed by atoms with E-state index in [4.69, 9.17) is 0 Å². The second-order valence-corrected chi connectivity index (χ2v) is 2.97. The first-order valence-electron chi connectivity index (χ1n) is 4.73. The molecule has 0 fully saturated rings. The van der Waals surface area contributed by atoms with Crippen molar-refractivity contribution in [3.8, 4) is 0 Å². The van der Waals surface area contributed by atoms with Crippen molar-refractivity contribution in [2.45, 2.75) is 19.8 Å². The smallest absolute Gasteiger partial charge is 0.00944 e. The van der Waals surface area contributed by atoms with Gasteiger partial charge in [-0.2, -0.15) is 0 Å². The molecule has 0 aliphatic heterocycles. The summed E-state index contributed by atoms with van der Waals surface area (Å²) in [7, 11) is 0. The molecule has 0 atom stereocenters. The molecule has 0 spiro atoms. The Morgan fingerprint density at radius 3 is 3.00 bits per heavy atom. The maximum absolute atomic E-state index is 2.19. The van der Waals surface area contributed by atoms with Gasteiger partial charge in [-0.1, -0.05) is 54.7 Å². The summed E-state index contributed by atoms with van der Waals surface area (Å²) < 4.78 is 0. The lowest BCUT2D eigenvalue weighted by atomic mass is 10.1. The van der Waals surface area contributed by atoms with Gasteiger partial charge in [0.15, 0.2) is 0 Å². The number of hydrogen-bond acceptors (Lipinski definition) is 0. The predicted molar refractivity (Wildman–Crippen MR) is 59.6 cm³/mol. The van der Waals surface area contributed by atoms with Crippen molar-refractivity contribution < 1.29 is 0 Å². The SMILES string of the molecule is C/C=C\C/C=C\C1=CC=CC=CC1. The van der Waals surface area contributed by atoms with Gasteiger partial charge in [-0.15, -0.1) is 0 Å². The van der Waals surface area contributed by atoms with E-state index in [1.165, 1.54) is 5.57 Å². The summed E-state index contributed by atoms with van der Waals surface area (Å²) >= 11 is 0. The first-order valence-corrected chi connectivity index (χ1v) is 4.73. The molecule has 0 aromatic carbocycles. The van der Waals surface area contributed by atoms with Gasteiger partial charge in [0.05, 0.1) is 0 Å². The fourth-order valence-electron chi connectivity index (χ4n) is 1.15. The van der Waals surface area contributed by atoms with Gasteiger partial charge < -0.3 is 0 Å². The maximum atomic E-state index is 2.19. The van der Waals surface area contributed by atoms with E-state index in [0.29, 0.717) is 0 Å². The lowest BCUT2D eigenvalue weighted by Gasteiger charge is -1.93. The average Bonchev–Trinajstić information content (AvgIpc) is 2.41. The third-order valence-corrected chi connectivity index (χ3v) is 1.86. The average molecular weight is 172 g/mol. The van der Waals surface area contributed by atoms with Crippen LogP contribution in [0.4, 0.5) is 0 Å². The van der Waals surface area contributed by atoms with Crippen LogP contribution in [0.5, 0.6) is 0 Å². The standard InChI is InChI=1S/C13H16/c1-2-3-4-7-10-13-11-8-5-6-9-12-13/h2-3,5-11H,4,12H2,1H3/b3-2-,10-7-. The summed E-state index contributed by atoms with van der Waals surface area (Å²) in [5, 5.41) is 0. The summed E-state index contributed by atoms with van der Waals surface area (Å²) in [6.07, 6.45) is 21.3. The molecule has 0 N–H and O–H groups in total. The van der Waals surface area contributed by atoms with E-state index < -0.39 is 0 Å². The van der Waals surface area contributed by atoms with E-state index in [1.54, 1.807) is 0 Å². The minimum Gasteiger partial charge on any atom is -0.0914 e. The molecule has 0 aromatic heterocycles. The van der Waals surface area contributed by atoms with Gasteiger partial charge in [-0.3, -0.25) is 0 Å². The molecule has 0 bridgehead atoms. The topological polar surface area (TPSA) is 0 Å². The number of rotatable bonds is 3. The van der Waals surface area contributed by atoms with Crippen molar-refractivity contribution in [2.24, 2.45) is 0 Å². The molecule has 0 nitrogen and oxygen atoms in total. The Hall–Kier alpha value is -1.30. The highest BCUT2D eigenvalue weighted by Crippen LogP contribution is 2.08. The van der Waals surface area contributed by atoms with Crippen molar-refractivity contribution >= 4 is 0 Å². The minimum absolute atomic E-state index is 1.03. The highest BCUT2D eigenvalue weighted by Gasteiger charge is 1.88. The van der Waals surface area contributed by atoms with E-state index in [-0.39, 0.29) is 0 Å². The summed E-state index contributed by atoms with van der Waals surface area (Å²) in [6, 6.07) is 0. The molecule has 0 heterocycles. The van der Waals surface area contributed by atoms with E-state index >= 15 is 0 Å². The van der Waals surface area contributed by atoms with Gasteiger partial charge in [0.25, 0.3) is 0 Å². The molecule has 1 aliphatic rings. The van der Waals surface area contributed by atoms with Gasteiger partial charge in [0, 0.05) is 0 Å². The van der Waals surface area contributed by atoms with Crippen LogP contribution in [-0.4, -0.2) is 0 Å². The van der Waals surface area contributed by atoms with Crippen LogP contribution in [0.3, 0.4) is 0 Å². The minimum atomic E-state index is 1.03. The molecular formula is C13H16. The largest absolute Gasteiger partial charge is 0.0914 e. The first kappa shape index (κ1) is 9.79. The summed E-state index contributed by atoms with van der Waals surface area (Å²) in [6.45, 7) is 2.05. The second kappa shape index (κ2) is 6.24. The van der Waals surface area contributed by atoms with Crippen LogP contribution in [0.2, 0.25) is 0 Å². The van der Waals surface area contributed by atoms with Crippen LogP contribution in [0, 0.1) is 0 Å². The van der Waals surface area contributed by atoms with Crippen molar-refractivity contribution in [2.75, 3.05) is 0 Å². The Bertz CT molecular complexity index is 272. The van der Waals surface area contributed by atoms with Crippen LogP contribution >= 0.6 is 0 Å². The van der Waals surface area contributed by atoms with Crippen LogP contribution in [0.15, 0.2) is 60.3 Å². The fourth-order valence-corrected chi connectivity index (χ4v) is 1.15. The van der Waals surface area contributed by atoms with Gasteiger partial charge in [-0.05, 0) is 25.3 Å². The normalized spacial score (nSPS) is 16.8. The Morgan fingerprint density at radius 1 is 1.23 bits per heavy atom. The van der Waals surface area contributed by atoms with Crippen LogP contribution < -0.4 is 0 Å². The monoisotopic (exact) mass is 172 g/mol. The Balaban J connectivity index is 2.44. The molecular weight excluding hydrogens is 156 g/mol. The van der Waals surface area contributed by atoms with Crippen molar-refractivity contribution in [1.82, 2.24) is 0 Å².